The number of hydrogen-bond acceptors (Lipinski definition) is 2. The van der Waals surface area contributed by atoms with Crippen LogP contribution in [0.3, 0.4) is 0 Å². The molecule has 0 aliphatic rings. The SMILES string of the molecule is [Cl-].[O-][NH+]=NCl. The molecule has 1 N–H and O–H groups in total. The highest BCUT2D eigenvalue weighted by Crippen LogP contribution is 1.54. The van der Waals surface area contributed by atoms with Crippen LogP contribution in [0.1, 0.15) is 0 Å². The molecule has 0 aromatic rings. The van der Waals surface area contributed by atoms with Gasteiger partial charge in [0.15, 0.2) is 0 Å². The molecular formula is HCl2N2O-. The van der Waals surface area contributed by atoms with E-state index in [0.717, 1.165) is 5.28 Å². The molecule has 0 radical (unpaired) electrons. The van der Waals surface area contributed by atoms with E-state index in [2.05, 4.69) is 16.4 Å². The first-order chi connectivity index (χ1) is 1.91. The molecule has 0 bridgehead atoms. The minimum Gasteiger partial charge on any atom is -1.00 e. The maximum Gasteiger partial charge on any atom is 0.110 e. The van der Waals surface area contributed by atoms with Crippen molar-refractivity contribution in [3.05, 3.63) is 5.21 Å². The van der Waals surface area contributed by atoms with Gasteiger partial charge in [-0.05, 0) is 0 Å². The molecule has 0 spiro atoms. The summed E-state index contributed by atoms with van der Waals surface area (Å²) >= 11 is 4.39. The minimum atomic E-state index is 0. The van der Waals surface area contributed by atoms with Crippen molar-refractivity contribution in [2.75, 3.05) is 0 Å². The van der Waals surface area contributed by atoms with E-state index in [-0.39, 0.29) is 12.4 Å². The molecule has 3 nitrogen and oxygen atoms in total. The zero-order chi connectivity index (χ0) is 3.41. The van der Waals surface area contributed by atoms with E-state index in [1.54, 1.807) is 0 Å². The van der Waals surface area contributed by atoms with Crippen LogP contribution in [0.25, 0.3) is 0 Å². The normalized spacial score (nSPS) is 7.40. The van der Waals surface area contributed by atoms with E-state index >= 15 is 0 Å². The quantitative estimate of drug-likeness (QED) is 0.256. The van der Waals surface area contributed by atoms with Crippen LogP contribution < -0.4 is 17.7 Å². The molecule has 0 aliphatic carbocycles. The van der Waals surface area contributed by atoms with Crippen LogP contribution in [0.2, 0.25) is 0 Å². The van der Waals surface area contributed by atoms with Gasteiger partial charge in [-0.25, -0.2) is 0 Å². The van der Waals surface area contributed by atoms with Crippen LogP contribution in [0, 0.1) is 5.21 Å². The second-order valence-corrected chi connectivity index (χ2v) is 0.345. The molecule has 0 aliphatic heterocycles. The minimum absolute atomic E-state index is 0. The highest BCUT2D eigenvalue weighted by Gasteiger charge is 1.38. The molecule has 0 aromatic heterocycles. The summed E-state index contributed by atoms with van der Waals surface area (Å²) in [7, 11) is 0. The summed E-state index contributed by atoms with van der Waals surface area (Å²) in [6, 6.07) is 0. The fourth-order valence-corrected chi connectivity index (χ4v) is 0. The Morgan fingerprint density at radius 2 is 2.00 bits per heavy atom. The lowest BCUT2D eigenvalue weighted by atomic mass is 13.1. The largest absolute Gasteiger partial charge is 1.00 e. The summed E-state index contributed by atoms with van der Waals surface area (Å²) in [6.45, 7) is 0. The Morgan fingerprint density at radius 3 is 2.00 bits per heavy atom. The fourth-order valence-electron chi connectivity index (χ4n) is 0. The van der Waals surface area contributed by atoms with Gasteiger partial charge in [0, 0.05) is 0 Å². The summed E-state index contributed by atoms with van der Waals surface area (Å²) in [5, 5.41) is 9.82. The van der Waals surface area contributed by atoms with E-state index in [1.165, 1.54) is 0 Å². The molecule has 0 saturated heterocycles. The third kappa shape index (κ3) is 16.2. The Hall–Kier alpha value is -0.0200. The van der Waals surface area contributed by atoms with Crippen molar-refractivity contribution in [1.82, 2.24) is 0 Å². The Bertz CT molecular complexity index is 22.8. The smallest absolute Gasteiger partial charge is 0.110 e. The van der Waals surface area contributed by atoms with Gasteiger partial charge in [-0.1, -0.05) is 5.28 Å². The van der Waals surface area contributed by atoms with Crippen molar-refractivity contribution in [1.29, 1.82) is 0 Å². The summed E-state index contributed by atoms with van der Waals surface area (Å²) < 4.78 is 2.40. The number of nitrogens with zero attached hydrogens (tertiary/aromatic N) is 1. The van der Waals surface area contributed by atoms with Crippen molar-refractivity contribution < 1.29 is 17.7 Å². The second kappa shape index (κ2) is 9.02. The standard InChI is InChI=1S/ClHN2O.ClH/c1-2-3-4;/h3H;1H/p-1. The first-order valence-electron chi connectivity index (χ1n) is 0.597. The molecule has 0 saturated carbocycles. The predicted molar refractivity (Wildman–Crippen MR) is 12.6 cm³/mol. The summed E-state index contributed by atoms with van der Waals surface area (Å²) in [4.78, 5) is 0. The molecule has 0 amide bonds. The summed E-state index contributed by atoms with van der Waals surface area (Å²) in [5.41, 5.74) is 0. The van der Waals surface area contributed by atoms with Crippen molar-refractivity contribution >= 4 is 11.8 Å². The monoisotopic (exact) mass is 115 g/mol. The van der Waals surface area contributed by atoms with E-state index < -0.39 is 0 Å². The summed E-state index contributed by atoms with van der Waals surface area (Å²) in [5.74, 6) is 0. The van der Waals surface area contributed by atoms with Gasteiger partial charge >= 0.3 is 0 Å². The second-order valence-electron chi connectivity index (χ2n) is 0.176. The molecule has 5 heteroatoms. The molecule has 32 valence electrons. The van der Waals surface area contributed by atoms with Gasteiger partial charge in [-0.15, -0.1) is 0 Å². The van der Waals surface area contributed by atoms with E-state index in [4.69, 9.17) is 5.21 Å². The van der Waals surface area contributed by atoms with Crippen LogP contribution in [-0.4, -0.2) is 0 Å². The van der Waals surface area contributed by atoms with Gasteiger partial charge in [0.05, 0.1) is 4.63 Å². The van der Waals surface area contributed by atoms with Crippen LogP contribution in [0.4, 0.5) is 0 Å². The first-order valence-corrected chi connectivity index (χ1v) is 0.935. The maximum absolute atomic E-state index is 8.75. The third-order valence-electron chi connectivity index (χ3n) is 0.0345. The van der Waals surface area contributed by atoms with Crippen molar-refractivity contribution in [2.24, 2.45) is 4.63 Å². The number of nitrogens with one attached hydrogen (secondary N) is 1. The van der Waals surface area contributed by atoms with Gasteiger partial charge in [0.2, 0.25) is 0 Å². The van der Waals surface area contributed by atoms with Gasteiger partial charge < -0.3 is 17.6 Å². The average molecular weight is 116 g/mol. The van der Waals surface area contributed by atoms with Crippen molar-refractivity contribution in [3.8, 4) is 0 Å². The topological polar surface area (TPSA) is 49.4 Å². The number of rotatable bonds is 0. The van der Waals surface area contributed by atoms with Gasteiger partial charge in [0.1, 0.15) is 11.8 Å². The van der Waals surface area contributed by atoms with Crippen LogP contribution >= 0.6 is 11.8 Å². The number of hydrogen-bond donors (Lipinski definition) is 1. The van der Waals surface area contributed by atoms with E-state index in [9.17, 15) is 0 Å². The Morgan fingerprint density at radius 1 is 1.80 bits per heavy atom. The van der Waals surface area contributed by atoms with Gasteiger partial charge in [-0.3, -0.25) is 0 Å². The zero-order valence-corrected chi connectivity index (χ0v) is 3.62. The van der Waals surface area contributed by atoms with E-state index in [0.29, 0.717) is 0 Å². The van der Waals surface area contributed by atoms with Crippen molar-refractivity contribution in [3.63, 3.8) is 0 Å². The molecule has 0 heterocycles. The fraction of sp³-hybridized carbons (Fsp3) is 0. The van der Waals surface area contributed by atoms with Gasteiger partial charge in [0.25, 0.3) is 0 Å². The highest BCUT2D eigenvalue weighted by molar-refractivity contribution is 6.13. The molecule has 0 aromatic carbocycles. The molecule has 0 fully saturated rings. The lowest BCUT2D eigenvalue weighted by Gasteiger charge is -1.58. The molecule has 0 unspecified atom stereocenters. The lowest BCUT2D eigenvalue weighted by Crippen LogP contribution is -3.00. The Kier molecular flexibility index (Phi) is 16.0. The number of halogens is 2. The average Bonchev–Trinajstić information content (AvgIpc) is 1.37. The van der Waals surface area contributed by atoms with Crippen LogP contribution in [-0.2, 0) is 0 Å². The highest BCUT2D eigenvalue weighted by atomic mass is 35.5. The van der Waals surface area contributed by atoms with Crippen LogP contribution in [0.15, 0.2) is 4.63 Å². The molecule has 0 atom stereocenters. The van der Waals surface area contributed by atoms with Gasteiger partial charge in [-0.2, -0.15) is 0 Å². The summed E-state index contributed by atoms with van der Waals surface area (Å²) in [6.07, 6.45) is 0. The predicted octanol–water partition coefficient (Wildman–Crippen LogP) is -3.83. The van der Waals surface area contributed by atoms with Crippen molar-refractivity contribution in [2.45, 2.75) is 0 Å². The first kappa shape index (κ1) is 8.88. The maximum atomic E-state index is 8.75. The lowest BCUT2D eigenvalue weighted by molar-refractivity contribution is -0.446. The zero-order valence-electron chi connectivity index (χ0n) is 2.11. The third-order valence-corrected chi connectivity index (χ3v) is 0.104. The Balaban J connectivity index is 0. The molecular weight excluding hydrogens is 115 g/mol. The molecule has 5 heavy (non-hydrogen) atoms. The van der Waals surface area contributed by atoms with Crippen LogP contribution in [0.5, 0.6) is 0 Å². The molecule has 0 rings (SSSR count). The van der Waals surface area contributed by atoms with E-state index in [1.807, 2.05) is 0 Å². The Labute approximate surface area is 40.1 Å².